The topological polar surface area (TPSA) is 101 Å². The number of carbonyl (C=O) groups is 2. The molecule has 7 nitrogen and oxygen atoms in total. The number of rotatable bonds is 6. The van der Waals surface area contributed by atoms with Crippen molar-refractivity contribution in [1.29, 1.82) is 0 Å². The van der Waals surface area contributed by atoms with E-state index in [4.69, 9.17) is 0 Å². The van der Waals surface area contributed by atoms with Crippen LogP contribution < -0.4 is 10.9 Å². The van der Waals surface area contributed by atoms with Gasteiger partial charge in [-0.2, -0.15) is 5.10 Å². The third-order valence-electron chi connectivity index (χ3n) is 4.47. The van der Waals surface area contributed by atoms with Crippen LogP contribution >= 0.6 is 0 Å². The van der Waals surface area contributed by atoms with E-state index in [9.17, 15) is 19.5 Å². The van der Waals surface area contributed by atoms with Crippen LogP contribution in [0.25, 0.3) is 22.0 Å². The fourth-order valence-corrected chi connectivity index (χ4v) is 3.02. The molecular formula is C21H21N3O4. The summed E-state index contributed by atoms with van der Waals surface area (Å²) in [5.41, 5.74) is 0.969. The minimum atomic E-state index is -1.12. The summed E-state index contributed by atoms with van der Waals surface area (Å²) in [6.45, 7) is 3.04. The Morgan fingerprint density at radius 3 is 2.50 bits per heavy atom. The zero-order valence-electron chi connectivity index (χ0n) is 15.6. The summed E-state index contributed by atoms with van der Waals surface area (Å²) >= 11 is 0. The number of fused-ring (bicyclic) bond motifs is 1. The summed E-state index contributed by atoms with van der Waals surface area (Å²) in [6.07, 6.45) is 0. The smallest absolute Gasteiger partial charge is 0.326 e. The lowest BCUT2D eigenvalue weighted by molar-refractivity contribution is -0.143. The van der Waals surface area contributed by atoms with Gasteiger partial charge in [0.2, 0.25) is 5.91 Å². The van der Waals surface area contributed by atoms with E-state index in [1.807, 2.05) is 42.5 Å². The first kappa shape index (κ1) is 19.3. The maximum Gasteiger partial charge on any atom is 0.326 e. The van der Waals surface area contributed by atoms with E-state index in [0.717, 1.165) is 21.0 Å². The monoisotopic (exact) mass is 379 g/mol. The molecule has 2 N–H and O–H groups in total. The Hall–Kier alpha value is -3.48. The van der Waals surface area contributed by atoms with Gasteiger partial charge in [-0.15, -0.1) is 0 Å². The number of benzene rings is 2. The second-order valence-electron chi connectivity index (χ2n) is 6.87. The number of carboxylic acids is 1. The number of carbonyl (C=O) groups excluding carboxylic acids is 1. The minimum absolute atomic E-state index is 0.284. The molecule has 1 aromatic heterocycles. The molecule has 1 amide bonds. The van der Waals surface area contributed by atoms with E-state index >= 15 is 0 Å². The summed E-state index contributed by atoms with van der Waals surface area (Å²) < 4.78 is 1.05. The highest BCUT2D eigenvalue weighted by molar-refractivity contribution is 5.95. The maximum absolute atomic E-state index is 12.3. The second kappa shape index (κ2) is 8.04. The van der Waals surface area contributed by atoms with Crippen molar-refractivity contribution in [1.82, 2.24) is 15.1 Å². The van der Waals surface area contributed by atoms with Gasteiger partial charge in [0.25, 0.3) is 5.56 Å². The summed E-state index contributed by atoms with van der Waals surface area (Å²) in [5.74, 6) is -1.98. The average Bonchev–Trinajstić information content (AvgIpc) is 2.67. The van der Waals surface area contributed by atoms with E-state index in [1.165, 1.54) is 6.07 Å². The van der Waals surface area contributed by atoms with E-state index in [2.05, 4.69) is 10.4 Å². The van der Waals surface area contributed by atoms with Gasteiger partial charge in [-0.05, 0) is 22.8 Å². The lowest BCUT2D eigenvalue weighted by Gasteiger charge is -2.18. The summed E-state index contributed by atoms with van der Waals surface area (Å²) in [4.78, 5) is 35.7. The molecule has 2 aromatic carbocycles. The van der Waals surface area contributed by atoms with Gasteiger partial charge < -0.3 is 10.4 Å². The zero-order valence-corrected chi connectivity index (χ0v) is 15.6. The van der Waals surface area contributed by atoms with Gasteiger partial charge in [0.1, 0.15) is 12.6 Å². The van der Waals surface area contributed by atoms with Gasteiger partial charge in [-0.3, -0.25) is 9.59 Å². The predicted molar refractivity (Wildman–Crippen MR) is 106 cm³/mol. The molecule has 0 aliphatic heterocycles. The molecule has 144 valence electrons. The van der Waals surface area contributed by atoms with Crippen molar-refractivity contribution in [3.05, 3.63) is 65.0 Å². The van der Waals surface area contributed by atoms with Crippen molar-refractivity contribution >= 4 is 22.6 Å². The van der Waals surface area contributed by atoms with Crippen LogP contribution in [0.1, 0.15) is 13.8 Å². The Bertz CT molecular complexity index is 1080. The fourth-order valence-electron chi connectivity index (χ4n) is 3.02. The highest BCUT2D eigenvalue weighted by atomic mass is 16.4. The number of amides is 1. The molecule has 0 aliphatic carbocycles. The van der Waals surface area contributed by atoms with E-state index in [0.29, 0.717) is 5.69 Å². The average molecular weight is 379 g/mol. The van der Waals surface area contributed by atoms with Crippen molar-refractivity contribution in [3.63, 3.8) is 0 Å². The van der Waals surface area contributed by atoms with Crippen molar-refractivity contribution in [2.24, 2.45) is 5.92 Å². The van der Waals surface area contributed by atoms with Gasteiger partial charge in [0, 0.05) is 11.6 Å². The first-order chi connectivity index (χ1) is 13.4. The first-order valence-electron chi connectivity index (χ1n) is 8.95. The number of nitrogens with zero attached hydrogens (tertiary/aromatic N) is 2. The molecule has 0 saturated heterocycles. The molecule has 3 rings (SSSR count). The third-order valence-corrected chi connectivity index (χ3v) is 4.47. The summed E-state index contributed by atoms with van der Waals surface area (Å²) in [6, 6.07) is 15.6. The molecule has 1 atom stereocenters. The Labute approximate surface area is 161 Å². The quantitative estimate of drug-likeness (QED) is 0.684. The molecule has 0 spiro atoms. The van der Waals surface area contributed by atoms with Gasteiger partial charge in [0.05, 0.1) is 5.69 Å². The number of hydrogen-bond acceptors (Lipinski definition) is 4. The Balaban J connectivity index is 1.91. The Kier molecular flexibility index (Phi) is 5.54. The largest absolute Gasteiger partial charge is 0.480 e. The van der Waals surface area contributed by atoms with Crippen LogP contribution in [0.4, 0.5) is 0 Å². The lowest BCUT2D eigenvalue weighted by atomic mass is 10.0. The SMILES string of the molecule is CC(C)C(NC(=O)Cn1nc(-c2cccc3ccccc23)ccc1=O)C(=O)O. The Morgan fingerprint density at radius 2 is 1.79 bits per heavy atom. The Morgan fingerprint density at radius 1 is 1.07 bits per heavy atom. The number of nitrogens with one attached hydrogen (secondary N) is 1. The molecule has 0 radical (unpaired) electrons. The molecule has 7 heteroatoms. The molecule has 1 unspecified atom stereocenters. The van der Waals surface area contributed by atoms with E-state index in [-0.39, 0.29) is 12.5 Å². The van der Waals surface area contributed by atoms with Gasteiger partial charge in [-0.1, -0.05) is 56.3 Å². The molecule has 0 bridgehead atoms. The molecule has 1 heterocycles. The van der Waals surface area contributed by atoms with Crippen LogP contribution in [0, 0.1) is 5.92 Å². The second-order valence-corrected chi connectivity index (χ2v) is 6.87. The highest BCUT2D eigenvalue weighted by Gasteiger charge is 2.23. The molecule has 28 heavy (non-hydrogen) atoms. The molecule has 0 aliphatic rings. The lowest BCUT2D eigenvalue weighted by Crippen LogP contribution is -2.46. The van der Waals surface area contributed by atoms with Crippen molar-refractivity contribution < 1.29 is 14.7 Å². The summed E-state index contributed by atoms with van der Waals surface area (Å²) in [5, 5.41) is 18.0. The number of aromatic nitrogens is 2. The van der Waals surface area contributed by atoms with Crippen LogP contribution in [0.15, 0.2) is 59.4 Å². The number of hydrogen-bond donors (Lipinski definition) is 2. The maximum atomic E-state index is 12.3. The van der Waals surface area contributed by atoms with E-state index < -0.39 is 23.5 Å². The van der Waals surface area contributed by atoms with Crippen LogP contribution in [-0.4, -0.2) is 32.8 Å². The molecule has 0 fully saturated rings. The van der Waals surface area contributed by atoms with Crippen molar-refractivity contribution in [2.75, 3.05) is 0 Å². The normalized spacial score (nSPS) is 12.1. The summed E-state index contributed by atoms with van der Waals surface area (Å²) in [7, 11) is 0. The van der Waals surface area contributed by atoms with Gasteiger partial charge in [0.15, 0.2) is 0 Å². The van der Waals surface area contributed by atoms with Gasteiger partial charge in [-0.25, -0.2) is 9.48 Å². The number of aliphatic carboxylic acids is 1. The molecule has 0 saturated carbocycles. The molecular weight excluding hydrogens is 358 g/mol. The minimum Gasteiger partial charge on any atom is -0.480 e. The van der Waals surface area contributed by atoms with Crippen LogP contribution in [0.5, 0.6) is 0 Å². The van der Waals surface area contributed by atoms with Crippen molar-refractivity contribution in [3.8, 4) is 11.3 Å². The standard InChI is InChI=1S/C21H21N3O4/c1-13(2)20(21(27)28)22-18(25)12-24-19(26)11-10-17(23-24)16-9-5-7-14-6-3-4-8-15(14)16/h3-11,13,20H,12H2,1-2H3,(H,22,25)(H,27,28). The van der Waals surface area contributed by atoms with Crippen LogP contribution in [0.3, 0.4) is 0 Å². The third kappa shape index (κ3) is 4.09. The number of carboxylic acid groups (broad SMARTS) is 1. The predicted octanol–water partition coefficient (Wildman–Crippen LogP) is 2.29. The van der Waals surface area contributed by atoms with Gasteiger partial charge >= 0.3 is 5.97 Å². The fraction of sp³-hybridized carbons (Fsp3) is 0.238. The van der Waals surface area contributed by atoms with E-state index in [1.54, 1.807) is 19.9 Å². The van der Waals surface area contributed by atoms with Crippen LogP contribution in [-0.2, 0) is 16.1 Å². The zero-order chi connectivity index (χ0) is 20.3. The highest BCUT2D eigenvalue weighted by Crippen LogP contribution is 2.26. The molecule has 3 aromatic rings. The first-order valence-corrected chi connectivity index (χ1v) is 8.95. The van der Waals surface area contributed by atoms with Crippen LogP contribution in [0.2, 0.25) is 0 Å². The van der Waals surface area contributed by atoms with Crippen molar-refractivity contribution in [2.45, 2.75) is 26.4 Å².